The van der Waals surface area contributed by atoms with Gasteiger partial charge in [0.2, 0.25) is 10.0 Å². The predicted molar refractivity (Wildman–Crippen MR) is 98.5 cm³/mol. The van der Waals surface area contributed by atoms with E-state index in [1.807, 2.05) is 11.0 Å². The van der Waals surface area contributed by atoms with Crippen LogP contribution in [0.2, 0.25) is 0 Å². The van der Waals surface area contributed by atoms with Crippen LogP contribution in [0.15, 0.2) is 42.6 Å². The van der Waals surface area contributed by atoms with Gasteiger partial charge in [-0.3, -0.25) is 10.1 Å². The highest BCUT2D eigenvalue weighted by Gasteiger charge is 2.29. The molecule has 0 atom stereocenters. The zero-order valence-electron chi connectivity index (χ0n) is 14.4. The van der Waals surface area contributed by atoms with Gasteiger partial charge in [0.1, 0.15) is 11.9 Å². The van der Waals surface area contributed by atoms with Gasteiger partial charge in [-0.25, -0.2) is 13.4 Å². The summed E-state index contributed by atoms with van der Waals surface area (Å²) in [4.78, 5) is 16.7. The first-order valence-electron chi connectivity index (χ1n) is 8.22. The van der Waals surface area contributed by atoms with Gasteiger partial charge in [-0.1, -0.05) is 18.2 Å². The predicted octanol–water partition coefficient (Wildman–Crippen LogP) is 1.51. The maximum absolute atomic E-state index is 12.7. The molecule has 0 radical (unpaired) electrons. The Hall–Kier alpha value is -3.03. The van der Waals surface area contributed by atoms with Gasteiger partial charge in [0.25, 0.3) is 5.69 Å². The van der Waals surface area contributed by atoms with Crippen LogP contribution in [0.4, 0.5) is 11.5 Å². The fourth-order valence-electron chi connectivity index (χ4n) is 2.93. The van der Waals surface area contributed by atoms with Gasteiger partial charge in [0.05, 0.1) is 16.2 Å². The summed E-state index contributed by atoms with van der Waals surface area (Å²) in [5.41, 5.74) is 0.449. The quantitative estimate of drug-likeness (QED) is 0.563. The van der Waals surface area contributed by atoms with E-state index >= 15 is 0 Å². The van der Waals surface area contributed by atoms with Crippen LogP contribution in [-0.2, 0) is 15.8 Å². The molecule has 10 heteroatoms. The molecule has 3 rings (SSSR count). The molecule has 140 valence electrons. The van der Waals surface area contributed by atoms with Gasteiger partial charge in [-0.15, -0.1) is 0 Å². The molecule has 0 aliphatic carbocycles. The first kappa shape index (κ1) is 18.8. The van der Waals surface area contributed by atoms with Gasteiger partial charge < -0.3 is 4.90 Å². The Morgan fingerprint density at radius 2 is 1.85 bits per heavy atom. The number of hydrogen-bond acceptors (Lipinski definition) is 7. The average molecular weight is 387 g/mol. The van der Waals surface area contributed by atoms with Crippen molar-refractivity contribution in [1.29, 1.82) is 5.26 Å². The molecule has 1 aliphatic heterocycles. The van der Waals surface area contributed by atoms with Crippen molar-refractivity contribution in [2.45, 2.75) is 5.75 Å². The van der Waals surface area contributed by atoms with Crippen LogP contribution in [-0.4, -0.2) is 48.8 Å². The van der Waals surface area contributed by atoms with Crippen molar-refractivity contribution < 1.29 is 13.3 Å². The zero-order valence-corrected chi connectivity index (χ0v) is 15.2. The monoisotopic (exact) mass is 387 g/mol. The van der Waals surface area contributed by atoms with Crippen molar-refractivity contribution in [3.8, 4) is 6.07 Å². The molecule has 2 heterocycles. The number of pyridine rings is 1. The lowest BCUT2D eigenvalue weighted by atomic mass is 10.2. The minimum atomic E-state index is -3.67. The molecule has 0 saturated carbocycles. The standard InChI is InChI=1S/C17H17N5O4S/c18-11-14-5-6-17(19-12-14)20-7-9-21(10-8-20)27(25,26)13-15-3-1-2-4-16(15)22(23)24/h1-6,12H,7-10,13H2. The number of nitro benzene ring substituents is 1. The SMILES string of the molecule is N#Cc1ccc(N2CCN(S(=O)(=O)Cc3ccccc3[N+](=O)[O-])CC2)nc1. The number of piperazine rings is 1. The van der Waals surface area contributed by atoms with E-state index in [1.54, 1.807) is 18.2 Å². The molecular formula is C17H17N5O4S. The number of aromatic nitrogens is 1. The number of nitriles is 1. The van der Waals surface area contributed by atoms with E-state index in [-0.39, 0.29) is 24.3 Å². The molecule has 2 aromatic rings. The molecule has 0 amide bonds. The Morgan fingerprint density at radius 1 is 1.15 bits per heavy atom. The summed E-state index contributed by atoms with van der Waals surface area (Å²) in [6, 6.07) is 11.3. The van der Waals surface area contributed by atoms with Crippen molar-refractivity contribution in [2.24, 2.45) is 0 Å². The second-order valence-electron chi connectivity index (χ2n) is 6.05. The van der Waals surface area contributed by atoms with E-state index in [1.165, 1.54) is 28.7 Å². The largest absolute Gasteiger partial charge is 0.354 e. The lowest BCUT2D eigenvalue weighted by Gasteiger charge is -2.34. The molecule has 1 aromatic heterocycles. The summed E-state index contributed by atoms with van der Waals surface area (Å²) in [5.74, 6) is 0.281. The van der Waals surface area contributed by atoms with E-state index in [2.05, 4.69) is 4.98 Å². The summed E-state index contributed by atoms with van der Waals surface area (Å²) in [7, 11) is -3.67. The maximum atomic E-state index is 12.7. The molecule has 0 bridgehead atoms. The van der Waals surface area contributed by atoms with E-state index in [9.17, 15) is 18.5 Å². The first-order chi connectivity index (χ1) is 12.9. The summed E-state index contributed by atoms with van der Waals surface area (Å²) in [5, 5.41) is 19.9. The number of benzene rings is 1. The third kappa shape index (κ3) is 4.21. The van der Waals surface area contributed by atoms with Gasteiger partial charge >= 0.3 is 0 Å². The number of anilines is 1. The highest BCUT2D eigenvalue weighted by Crippen LogP contribution is 2.23. The summed E-state index contributed by atoms with van der Waals surface area (Å²) in [6.45, 7) is 1.44. The van der Waals surface area contributed by atoms with Crippen molar-refractivity contribution >= 4 is 21.5 Å². The molecule has 1 aromatic carbocycles. The molecule has 1 fully saturated rings. The molecule has 1 aliphatic rings. The number of sulfonamides is 1. The highest BCUT2D eigenvalue weighted by molar-refractivity contribution is 7.88. The molecule has 0 N–H and O–H groups in total. The number of rotatable bonds is 5. The van der Waals surface area contributed by atoms with E-state index in [4.69, 9.17) is 5.26 Å². The summed E-state index contributed by atoms with van der Waals surface area (Å²) in [6.07, 6.45) is 1.48. The van der Waals surface area contributed by atoms with Crippen LogP contribution in [0.5, 0.6) is 0 Å². The Bertz CT molecular complexity index is 977. The van der Waals surface area contributed by atoms with E-state index in [0.717, 1.165) is 0 Å². The fraction of sp³-hybridized carbons (Fsp3) is 0.294. The minimum Gasteiger partial charge on any atom is -0.354 e. The Balaban J connectivity index is 1.68. The third-order valence-corrected chi connectivity index (χ3v) is 6.19. The molecule has 27 heavy (non-hydrogen) atoms. The number of nitrogens with zero attached hydrogens (tertiary/aromatic N) is 5. The van der Waals surface area contributed by atoms with Crippen LogP contribution in [0.1, 0.15) is 11.1 Å². The molecule has 0 spiro atoms. The van der Waals surface area contributed by atoms with Gasteiger partial charge in [0.15, 0.2) is 0 Å². The number of para-hydroxylation sites is 1. The van der Waals surface area contributed by atoms with Gasteiger partial charge in [-0.05, 0) is 12.1 Å². The lowest BCUT2D eigenvalue weighted by Crippen LogP contribution is -2.49. The van der Waals surface area contributed by atoms with Crippen molar-refractivity contribution in [3.05, 3.63) is 63.8 Å². The number of nitro groups is 1. The smallest absolute Gasteiger partial charge is 0.273 e. The van der Waals surface area contributed by atoms with Crippen molar-refractivity contribution in [3.63, 3.8) is 0 Å². The zero-order chi connectivity index (χ0) is 19.4. The maximum Gasteiger partial charge on any atom is 0.273 e. The van der Waals surface area contributed by atoms with E-state index in [0.29, 0.717) is 24.5 Å². The Morgan fingerprint density at radius 3 is 2.44 bits per heavy atom. The Kier molecular flexibility index (Phi) is 5.34. The van der Waals surface area contributed by atoms with Crippen LogP contribution in [0, 0.1) is 21.4 Å². The second kappa shape index (κ2) is 7.69. The van der Waals surface area contributed by atoms with Crippen LogP contribution >= 0.6 is 0 Å². The molecule has 1 saturated heterocycles. The number of hydrogen-bond donors (Lipinski definition) is 0. The summed E-state index contributed by atoms with van der Waals surface area (Å²) >= 11 is 0. The van der Waals surface area contributed by atoms with Crippen molar-refractivity contribution in [2.75, 3.05) is 31.1 Å². The van der Waals surface area contributed by atoms with E-state index < -0.39 is 20.7 Å². The minimum absolute atomic E-state index is 0.179. The van der Waals surface area contributed by atoms with Crippen LogP contribution < -0.4 is 4.90 Å². The van der Waals surface area contributed by atoms with Crippen LogP contribution in [0.3, 0.4) is 0 Å². The van der Waals surface area contributed by atoms with Crippen molar-refractivity contribution in [1.82, 2.24) is 9.29 Å². The third-order valence-electron chi connectivity index (χ3n) is 4.36. The molecular weight excluding hydrogens is 370 g/mol. The fourth-order valence-corrected chi connectivity index (χ4v) is 4.47. The van der Waals surface area contributed by atoms with Gasteiger partial charge in [-0.2, -0.15) is 9.57 Å². The highest BCUT2D eigenvalue weighted by atomic mass is 32.2. The molecule has 0 unspecified atom stereocenters. The van der Waals surface area contributed by atoms with Crippen LogP contribution in [0.25, 0.3) is 0 Å². The average Bonchev–Trinajstić information content (AvgIpc) is 2.68. The topological polar surface area (TPSA) is 120 Å². The Labute approximate surface area is 156 Å². The first-order valence-corrected chi connectivity index (χ1v) is 9.83. The van der Waals surface area contributed by atoms with Gasteiger partial charge in [0, 0.05) is 44.0 Å². The normalized spacial score (nSPS) is 15.3. The molecule has 9 nitrogen and oxygen atoms in total. The summed E-state index contributed by atoms with van der Waals surface area (Å²) < 4.78 is 26.7. The second-order valence-corrected chi connectivity index (χ2v) is 8.01. The lowest BCUT2D eigenvalue weighted by molar-refractivity contribution is -0.385.